The van der Waals surface area contributed by atoms with Gasteiger partial charge in [-0.25, -0.2) is 0 Å². The molecule has 2 N–H and O–H groups in total. The molecule has 1 aliphatic carbocycles. The van der Waals surface area contributed by atoms with Crippen molar-refractivity contribution in [3.05, 3.63) is 27.2 Å². The van der Waals surface area contributed by atoms with Crippen LogP contribution in [0.1, 0.15) is 24.8 Å². The Labute approximate surface area is 109 Å². The summed E-state index contributed by atoms with van der Waals surface area (Å²) in [5.74, 6) is 0.773. The lowest BCUT2D eigenvalue weighted by Gasteiger charge is -2.42. The van der Waals surface area contributed by atoms with Crippen LogP contribution >= 0.6 is 27.5 Å². The van der Waals surface area contributed by atoms with E-state index in [1.807, 2.05) is 6.07 Å². The van der Waals surface area contributed by atoms with Crippen LogP contribution in [-0.4, -0.2) is 13.7 Å². The maximum absolute atomic E-state index is 6.18. The van der Waals surface area contributed by atoms with Gasteiger partial charge >= 0.3 is 0 Å². The van der Waals surface area contributed by atoms with Crippen LogP contribution in [0.2, 0.25) is 5.02 Å². The number of hydrogen-bond acceptors (Lipinski definition) is 2. The first-order valence-corrected chi connectivity index (χ1v) is 6.53. The molecule has 1 fully saturated rings. The van der Waals surface area contributed by atoms with Crippen molar-refractivity contribution in [1.29, 1.82) is 0 Å². The molecule has 4 heteroatoms. The van der Waals surface area contributed by atoms with E-state index in [2.05, 4.69) is 22.0 Å². The summed E-state index contributed by atoms with van der Waals surface area (Å²) in [4.78, 5) is 0. The van der Waals surface area contributed by atoms with Crippen LogP contribution in [0.15, 0.2) is 16.6 Å². The predicted molar refractivity (Wildman–Crippen MR) is 70.3 cm³/mol. The second-order valence-corrected chi connectivity index (χ2v) is 5.63. The maximum atomic E-state index is 6.18. The first-order chi connectivity index (χ1) is 7.63. The van der Waals surface area contributed by atoms with E-state index in [4.69, 9.17) is 22.1 Å². The Bertz CT molecular complexity index is 399. The Hall–Kier alpha value is -0.250. The molecule has 0 saturated heterocycles. The normalized spacial score (nSPS) is 18.0. The van der Waals surface area contributed by atoms with Gasteiger partial charge in [-0.3, -0.25) is 0 Å². The summed E-state index contributed by atoms with van der Waals surface area (Å²) in [6.07, 6.45) is 3.46. The van der Waals surface area contributed by atoms with Crippen LogP contribution in [-0.2, 0) is 5.41 Å². The summed E-state index contributed by atoms with van der Waals surface area (Å²) in [7, 11) is 1.65. The second kappa shape index (κ2) is 4.55. The van der Waals surface area contributed by atoms with Crippen LogP contribution in [0, 0.1) is 0 Å². The molecule has 16 heavy (non-hydrogen) atoms. The molecule has 0 atom stereocenters. The molecular weight excluding hydrogens is 289 g/mol. The van der Waals surface area contributed by atoms with Crippen LogP contribution in [0.3, 0.4) is 0 Å². The number of hydrogen-bond donors (Lipinski definition) is 1. The smallest absolute Gasteiger partial charge is 0.141 e. The largest absolute Gasteiger partial charge is 0.495 e. The van der Waals surface area contributed by atoms with Gasteiger partial charge in [0.25, 0.3) is 0 Å². The molecular formula is C12H15BrClNO. The van der Waals surface area contributed by atoms with Gasteiger partial charge in [0.05, 0.1) is 12.1 Å². The summed E-state index contributed by atoms with van der Waals surface area (Å²) in [5.41, 5.74) is 7.12. The third kappa shape index (κ3) is 1.85. The molecule has 1 aromatic rings. The Morgan fingerprint density at radius 1 is 1.50 bits per heavy atom. The average Bonchev–Trinajstić information content (AvgIpc) is 2.16. The van der Waals surface area contributed by atoms with Crippen LogP contribution in [0.4, 0.5) is 0 Å². The van der Waals surface area contributed by atoms with Crippen molar-refractivity contribution in [1.82, 2.24) is 0 Å². The number of ether oxygens (including phenoxy) is 1. The van der Waals surface area contributed by atoms with Crippen molar-refractivity contribution in [2.75, 3.05) is 13.7 Å². The van der Waals surface area contributed by atoms with E-state index in [0.717, 1.165) is 28.6 Å². The molecule has 2 nitrogen and oxygen atoms in total. The highest BCUT2D eigenvalue weighted by Gasteiger charge is 2.40. The Morgan fingerprint density at radius 3 is 2.62 bits per heavy atom. The number of methoxy groups -OCH3 is 1. The minimum absolute atomic E-state index is 0.0682. The first-order valence-electron chi connectivity index (χ1n) is 5.36. The van der Waals surface area contributed by atoms with Gasteiger partial charge in [0.2, 0.25) is 0 Å². The highest BCUT2D eigenvalue weighted by atomic mass is 79.9. The molecule has 0 radical (unpaired) electrons. The van der Waals surface area contributed by atoms with Crippen LogP contribution in [0.25, 0.3) is 0 Å². The molecule has 0 bridgehead atoms. The summed E-state index contributed by atoms with van der Waals surface area (Å²) < 4.78 is 6.39. The topological polar surface area (TPSA) is 35.2 Å². The number of nitrogens with two attached hydrogens (primary N) is 1. The fraction of sp³-hybridized carbons (Fsp3) is 0.500. The van der Waals surface area contributed by atoms with Gasteiger partial charge in [-0.15, -0.1) is 0 Å². The number of halogens is 2. The molecule has 0 aliphatic heterocycles. The minimum Gasteiger partial charge on any atom is -0.495 e. The number of benzene rings is 1. The first kappa shape index (κ1) is 12.2. The van der Waals surface area contributed by atoms with Crippen molar-refractivity contribution >= 4 is 27.5 Å². The molecule has 0 spiro atoms. The van der Waals surface area contributed by atoms with E-state index in [1.165, 1.54) is 6.42 Å². The Balaban J connectivity index is 2.53. The zero-order chi connectivity index (χ0) is 11.8. The standard InChI is InChI=1S/C12H15BrClNO/c1-16-11-9(5-8(13)6-10(11)14)12(7-15)3-2-4-12/h5-6H,2-4,7,15H2,1H3. The molecule has 1 saturated carbocycles. The van der Waals surface area contributed by atoms with Crippen LogP contribution in [0.5, 0.6) is 5.75 Å². The zero-order valence-electron chi connectivity index (χ0n) is 9.22. The third-order valence-corrected chi connectivity index (χ3v) is 4.22. The van der Waals surface area contributed by atoms with Crippen molar-refractivity contribution in [2.24, 2.45) is 5.73 Å². The fourth-order valence-corrected chi connectivity index (χ4v) is 3.23. The van der Waals surface area contributed by atoms with E-state index >= 15 is 0 Å². The molecule has 88 valence electrons. The van der Waals surface area contributed by atoms with E-state index in [-0.39, 0.29) is 5.41 Å². The predicted octanol–water partition coefficient (Wildman–Crippen LogP) is 3.49. The third-order valence-electron chi connectivity index (χ3n) is 3.49. The summed E-state index contributed by atoms with van der Waals surface area (Å²) in [5, 5.41) is 0.645. The zero-order valence-corrected chi connectivity index (χ0v) is 11.6. The van der Waals surface area contributed by atoms with E-state index in [0.29, 0.717) is 11.6 Å². The Morgan fingerprint density at radius 2 is 2.19 bits per heavy atom. The molecule has 0 amide bonds. The van der Waals surface area contributed by atoms with Gasteiger partial charge < -0.3 is 10.5 Å². The molecule has 0 unspecified atom stereocenters. The van der Waals surface area contributed by atoms with Gasteiger partial charge in [-0.2, -0.15) is 0 Å². The van der Waals surface area contributed by atoms with Gasteiger partial charge in [0.1, 0.15) is 5.75 Å². The molecule has 1 aromatic carbocycles. The lowest BCUT2D eigenvalue weighted by Crippen LogP contribution is -2.41. The van der Waals surface area contributed by atoms with E-state index < -0.39 is 0 Å². The molecule has 0 heterocycles. The van der Waals surface area contributed by atoms with Crippen molar-refractivity contribution in [3.8, 4) is 5.75 Å². The van der Waals surface area contributed by atoms with Crippen LogP contribution < -0.4 is 10.5 Å². The molecule has 1 aliphatic rings. The lowest BCUT2D eigenvalue weighted by atomic mass is 9.64. The monoisotopic (exact) mass is 303 g/mol. The highest BCUT2D eigenvalue weighted by molar-refractivity contribution is 9.10. The second-order valence-electron chi connectivity index (χ2n) is 4.31. The van der Waals surface area contributed by atoms with Crippen molar-refractivity contribution < 1.29 is 4.74 Å². The van der Waals surface area contributed by atoms with Gasteiger partial charge in [-0.05, 0) is 25.0 Å². The summed E-state index contributed by atoms with van der Waals surface area (Å²) >= 11 is 9.65. The SMILES string of the molecule is COc1c(Cl)cc(Br)cc1C1(CN)CCC1. The summed E-state index contributed by atoms with van der Waals surface area (Å²) in [6, 6.07) is 3.93. The molecule has 2 rings (SSSR count). The van der Waals surface area contributed by atoms with E-state index in [9.17, 15) is 0 Å². The summed E-state index contributed by atoms with van der Waals surface area (Å²) in [6.45, 7) is 0.649. The minimum atomic E-state index is 0.0682. The average molecular weight is 305 g/mol. The van der Waals surface area contributed by atoms with Crippen molar-refractivity contribution in [3.63, 3.8) is 0 Å². The highest BCUT2D eigenvalue weighted by Crippen LogP contribution is 2.49. The maximum Gasteiger partial charge on any atom is 0.141 e. The Kier molecular flexibility index (Phi) is 3.48. The fourth-order valence-electron chi connectivity index (χ4n) is 2.35. The van der Waals surface area contributed by atoms with E-state index in [1.54, 1.807) is 7.11 Å². The van der Waals surface area contributed by atoms with Gasteiger partial charge in [0, 0.05) is 22.0 Å². The van der Waals surface area contributed by atoms with Crippen molar-refractivity contribution in [2.45, 2.75) is 24.7 Å². The number of rotatable bonds is 3. The molecule has 0 aromatic heterocycles. The lowest BCUT2D eigenvalue weighted by molar-refractivity contribution is 0.243. The van der Waals surface area contributed by atoms with Gasteiger partial charge in [-0.1, -0.05) is 34.0 Å². The van der Waals surface area contributed by atoms with Gasteiger partial charge in [0.15, 0.2) is 0 Å². The quantitative estimate of drug-likeness (QED) is 0.927.